The molecule has 0 aliphatic heterocycles. The molecule has 0 spiro atoms. The number of nitrogens with zero attached hydrogens (tertiary/aromatic N) is 2. The molecule has 0 bridgehead atoms. The first-order chi connectivity index (χ1) is 11.2. The zero-order chi connectivity index (χ0) is 16.7. The summed E-state index contributed by atoms with van der Waals surface area (Å²) < 4.78 is 6.54. The molecular weight excluding hydrogens is 296 g/mol. The van der Waals surface area contributed by atoms with Crippen molar-refractivity contribution in [2.24, 2.45) is 0 Å². The van der Waals surface area contributed by atoms with Crippen LogP contribution in [0.4, 0.5) is 0 Å². The van der Waals surface area contributed by atoms with Gasteiger partial charge in [-0.2, -0.15) is 0 Å². The highest BCUT2D eigenvalue weighted by atomic mass is 16.5. The summed E-state index contributed by atoms with van der Waals surface area (Å²) in [5, 5.41) is 5.44. The largest absolute Gasteiger partial charge is 0.385 e. The monoisotopic (exact) mass is 316 g/mol. The molecule has 0 saturated carbocycles. The van der Waals surface area contributed by atoms with Gasteiger partial charge in [-0.15, -0.1) is 6.58 Å². The predicted octanol–water partition coefficient (Wildman–Crippen LogP) is 1.02. The Labute approximate surface area is 134 Å². The number of amides is 2. The van der Waals surface area contributed by atoms with Crippen LogP contribution in [0, 0.1) is 0 Å². The number of fused-ring (bicyclic) bond motifs is 1. The third-order valence-electron chi connectivity index (χ3n) is 3.18. The number of carbonyl (C=O) groups is 2. The van der Waals surface area contributed by atoms with E-state index in [1.165, 1.54) is 0 Å². The number of carbonyl (C=O) groups excluding carboxylic acids is 2. The summed E-state index contributed by atoms with van der Waals surface area (Å²) in [6.45, 7) is 4.94. The fourth-order valence-electron chi connectivity index (χ4n) is 2.11. The van der Waals surface area contributed by atoms with Crippen LogP contribution in [0.3, 0.4) is 0 Å². The third kappa shape index (κ3) is 3.95. The van der Waals surface area contributed by atoms with Crippen LogP contribution in [0.5, 0.6) is 0 Å². The van der Waals surface area contributed by atoms with Crippen LogP contribution in [-0.4, -0.2) is 48.0 Å². The number of hydrogen-bond donors (Lipinski definition) is 2. The minimum absolute atomic E-state index is 0.171. The Morgan fingerprint density at radius 1 is 1.35 bits per heavy atom. The van der Waals surface area contributed by atoms with Crippen molar-refractivity contribution >= 4 is 17.3 Å². The van der Waals surface area contributed by atoms with E-state index in [0.717, 1.165) is 0 Å². The molecule has 7 heteroatoms. The maximum atomic E-state index is 12.3. The quantitative estimate of drug-likeness (QED) is 0.562. The van der Waals surface area contributed by atoms with Crippen molar-refractivity contribution in [3.63, 3.8) is 0 Å². The Morgan fingerprint density at radius 3 is 2.91 bits per heavy atom. The molecular formula is C16H20N4O3. The average Bonchev–Trinajstić information content (AvgIpc) is 2.96. The number of imidazole rings is 1. The maximum absolute atomic E-state index is 12.3. The van der Waals surface area contributed by atoms with Crippen molar-refractivity contribution < 1.29 is 14.3 Å². The zero-order valence-electron chi connectivity index (χ0n) is 13.0. The molecule has 0 unspecified atom stereocenters. The number of methoxy groups -OCH3 is 1. The minimum atomic E-state index is -0.357. The maximum Gasteiger partial charge on any atom is 0.287 e. The first-order valence-corrected chi connectivity index (χ1v) is 7.32. The fourth-order valence-corrected chi connectivity index (χ4v) is 2.11. The Hall–Kier alpha value is -2.67. The molecule has 7 nitrogen and oxygen atoms in total. The molecule has 0 saturated heterocycles. The van der Waals surface area contributed by atoms with Crippen LogP contribution >= 0.6 is 0 Å². The molecule has 2 N–H and O–H groups in total. The van der Waals surface area contributed by atoms with Crippen LogP contribution in [-0.2, 0) is 4.74 Å². The molecule has 0 atom stereocenters. The Balaban J connectivity index is 2.24. The molecule has 2 heterocycles. The van der Waals surface area contributed by atoms with E-state index in [9.17, 15) is 9.59 Å². The zero-order valence-corrected chi connectivity index (χ0v) is 13.0. The number of aromatic nitrogens is 2. The summed E-state index contributed by atoms with van der Waals surface area (Å²) in [4.78, 5) is 28.7. The van der Waals surface area contributed by atoms with E-state index in [-0.39, 0.29) is 23.3 Å². The molecule has 2 rings (SSSR count). The van der Waals surface area contributed by atoms with Crippen LogP contribution in [0.15, 0.2) is 37.1 Å². The Morgan fingerprint density at radius 2 is 2.17 bits per heavy atom. The normalized spacial score (nSPS) is 10.5. The van der Waals surface area contributed by atoms with E-state index in [2.05, 4.69) is 22.2 Å². The van der Waals surface area contributed by atoms with Gasteiger partial charge in [-0.05, 0) is 18.6 Å². The lowest BCUT2D eigenvalue weighted by Gasteiger charge is -2.02. The highest BCUT2D eigenvalue weighted by molar-refractivity contribution is 6.02. The highest BCUT2D eigenvalue weighted by Crippen LogP contribution is 2.13. The summed E-state index contributed by atoms with van der Waals surface area (Å²) in [5.41, 5.74) is 0.812. The number of ether oxygens (including phenoxy) is 1. The van der Waals surface area contributed by atoms with Crippen molar-refractivity contribution in [3.8, 4) is 0 Å². The number of nitrogens with one attached hydrogen (secondary N) is 2. The van der Waals surface area contributed by atoms with Crippen molar-refractivity contribution in [1.29, 1.82) is 0 Å². The molecule has 0 aliphatic carbocycles. The molecule has 122 valence electrons. The standard InChI is InChI=1S/C16H20N4O3/c1-3-8-17-16(22)14-19-13(12-7-4-5-10-20(12)14)15(21)18-9-6-11-23-2/h3-5,7,10H,1,6,8-9,11H2,2H3,(H,17,22)(H,18,21). The molecule has 23 heavy (non-hydrogen) atoms. The van der Waals surface area contributed by atoms with Gasteiger partial charge in [0.15, 0.2) is 5.69 Å². The fraction of sp³-hybridized carbons (Fsp3) is 0.312. The lowest BCUT2D eigenvalue weighted by molar-refractivity contribution is 0.0945. The van der Waals surface area contributed by atoms with E-state index in [1.807, 2.05) is 0 Å². The van der Waals surface area contributed by atoms with Crippen LogP contribution < -0.4 is 10.6 Å². The summed E-state index contributed by atoms with van der Waals surface area (Å²) in [6.07, 6.45) is 3.99. The van der Waals surface area contributed by atoms with Crippen molar-refractivity contribution in [2.45, 2.75) is 6.42 Å². The summed E-state index contributed by atoms with van der Waals surface area (Å²) in [6, 6.07) is 5.32. The van der Waals surface area contributed by atoms with Gasteiger partial charge < -0.3 is 15.4 Å². The molecule has 2 amide bonds. The van der Waals surface area contributed by atoms with Gasteiger partial charge in [-0.25, -0.2) is 4.98 Å². The van der Waals surface area contributed by atoms with Gasteiger partial charge in [0.05, 0.1) is 5.52 Å². The SMILES string of the molecule is C=CCNC(=O)c1nc(C(=O)NCCCOC)c2ccccn12. The smallest absolute Gasteiger partial charge is 0.287 e. The van der Waals surface area contributed by atoms with Gasteiger partial charge in [0.1, 0.15) is 0 Å². The van der Waals surface area contributed by atoms with E-state index in [0.29, 0.717) is 31.6 Å². The summed E-state index contributed by atoms with van der Waals surface area (Å²) in [7, 11) is 1.61. The second kappa shape index (κ2) is 8.09. The van der Waals surface area contributed by atoms with Gasteiger partial charge in [-0.1, -0.05) is 12.1 Å². The number of hydrogen-bond acceptors (Lipinski definition) is 4. The summed E-state index contributed by atoms with van der Waals surface area (Å²) >= 11 is 0. The van der Waals surface area contributed by atoms with Crippen molar-refractivity contribution in [1.82, 2.24) is 20.0 Å². The Bertz CT molecular complexity index is 708. The lowest BCUT2D eigenvalue weighted by atomic mass is 10.3. The first-order valence-electron chi connectivity index (χ1n) is 7.32. The van der Waals surface area contributed by atoms with E-state index in [4.69, 9.17) is 4.74 Å². The second-order valence-corrected chi connectivity index (χ2v) is 4.84. The van der Waals surface area contributed by atoms with E-state index < -0.39 is 0 Å². The molecule has 0 radical (unpaired) electrons. The van der Waals surface area contributed by atoms with Crippen LogP contribution in [0.1, 0.15) is 27.5 Å². The van der Waals surface area contributed by atoms with Gasteiger partial charge in [0, 0.05) is 33.0 Å². The molecule has 0 aromatic carbocycles. The van der Waals surface area contributed by atoms with Gasteiger partial charge in [0.2, 0.25) is 5.82 Å². The first kappa shape index (κ1) is 16.7. The molecule has 2 aromatic rings. The third-order valence-corrected chi connectivity index (χ3v) is 3.18. The van der Waals surface area contributed by atoms with Gasteiger partial charge >= 0.3 is 0 Å². The lowest BCUT2D eigenvalue weighted by Crippen LogP contribution is -2.27. The van der Waals surface area contributed by atoms with Crippen molar-refractivity contribution in [3.05, 3.63) is 48.6 Å². The Kier molecular flexibility index (Phi) is 5.87. The van der Waals surface area contributed by atoms with Crippen LogP contribution in [0.2, 0.25) is 0 Å². The van der Waals surface area contributed by atoms with Crippen LogP contribution in [0.25, 0.3) is 5.52 Å². The van der Waals surface area contributed by atoms with Gasteiger partial charge in [0.25, 0.3) is 11.8 Å². The van der Waals surface area contributed by atoms with E-state index >= 15 is 0 Å². The van der Waals surface area contributed by atoms with E-state index in [1.54, 1.807) is 42.0 Å². The average molecular weight is 316 g/mol. The highest BCUT2D eigenvalue weighted by Gasteiger charge is 2.20. The number of pyridine rings is 1. The molecule has 2 aromatic heterocycles. The molecule has 0 aliphatic rings. The number of rotatable bonds is 8. The van der Waals surface area contributed by atoms with Gasteiger partial charge in [-0.3, -0.25) is 14.0 Å². The van der Waals surface area contributed by atoms with Crippen molar-refractivity contribution in [2.75, 3.05) is 26.8 Å². The molecule has 0 fully saturated rings. The second-order valence-electron chi connectivity index (χ2n) is 4.84. The minimum Gasteiger partial charge on any atom is -0.385 e. The summed E-state index contributed by atoms with van der Waals surface area (Å²) in [5.74, 6) is -0.499. The topological polar surface area (TPSA) is 84.7 Å². The predicted molar refractivity (Wildman–Crippen MR) is 86.5 cm³/mol.